The van der Waals surface area contributed by atoms with Gasteiger partial charge in [0.25, 0.3) is 5.91 Å². The van der Waals surface area contributed by atoms with Crippen LogP contribution in [0.15, 0.2) is 60.7 Å². The normalized spacial score (nSPS) is 26.4. The van der Waals surface area contributed by atoms with Gasteiger partial charge in [-0.3, -0.25) is 14.4 Å². The van der Waals surface area contributed by atoms with Crippen LogP contribution < -0.4 is 26.0 Å². The highest BCUT2D eigenvalue weighted by Gasteiger charge is 2.57. The molecule has 4 fully saturated rings. The maximum absolute atomic E-state index is 16.1. The van der Waals surface area contributed by atoms with E-state index in [1.165, 1.54) is 24.7 Å². The van der Waals surface area contributed by atoms with Crippen LogP contribution in [0.3, 0.4) is 0 Å². The number of likely N-dealkylation sites (N-methyl/N-ethyl adjacent to an activating group) is 1. The van der Waals surface area contributed by atoms with Gasteiger partial charge in [0.1, 0.15) is 17.6 Å². The highest BCUT2D eigenvalue weighted by Crippen LogP contribution is 2.61. The number of hydrogen-bond donors (Lipinski definition) is 4. The summed E-state index contributed by atoms with van der Waals surface area (Å²) in [4.78, 5) is 38.6. The third-order valence-corrected chi connectivity index (χ3v) is 13.1. The lowest BCUT2D eigenvalue weighted by atomic mass is 9.45. The van der Waals surface area contributed by atoms with Crippen LogP contribution in [0, 0.1) is 34.9 Å². The summed E-state index contributed by atoms with van der Waals surface area (Å²) in [6, 6.07) is 17.6. The molecular formula is C45H63FN6O5. The second-order valence-corrected chi connectivity index (χ2v) is 17.7. The summed E-state index contributed by atoms with van der Waals surface area (Å²) in [6.07, 6.45) is 1.15. The Morgan fingerprint density at radius 2 is 1.81 bits per heavy atom. The molecule has 2 bridgehead atoms. The van der Waals surface area contributed by atoms with E-state index in [1.807, 2.05) is 63.4 Å². The topological polar surface area (TPSA) is 133 Å². The Morgan fingerprint density at radius 3 is 2.40 bits per heavy atom. The number of anilines is 1. The second-order valence-electron chi connectivity index (χ2n) is 17.7. The number of nitrogens with one attached hydrogen (secondary N) is 2. The van der Waals surface area contributed by atoms with Gasteiger partial charge in [0.2, 0.25) is 5.91 Å². The minimum atomic E-state index is -0.928. The Kier molecular flexibility index (Phi) is 13.0. The van der Waals surface area contributed by atoms with Crippen LogP contribution in [0.5, 0.6) is 5.75 Å². The van der Waals surface area contributed by atoms with Gasteiger partial charge in [0.05, 0.1) is 25.9 Å². The zero-order valence-electron chi connectivity index (χ0n) is 35.1. The number of carbonyl (C=O) groups excluding carboxylic acids is 2. The predicted octanol–water partition coefficient (Wildman–Crippen LogP) is 5.10. The smallest absolute Gasteiger partial charge is 0.251 e. The summed E-state index contributed by atoms with van der Waals surface area (Å²) in [5.74, 6) is -0.0739. The fourth-order valence-electron chi connectivity index (χ4n) is 9.82. The molecule has 3 saturated carbocycles. The van der Waals surface area contributed by atoms with E-state index in [4.69, 9.17) is 15.3 Å². The van der Waals surface area contributed by atoms with Crippen LogP contribution in [0.2, 0.25) is 0 Å². The van der Waals surface area contributed by atoms with E-state index in [1.54, 1.807) is 19.1 Å². The Hall–Kier alpha value is -4.07. The molecule has 3 aliphatic carbocycles. The summed E-state index contributed by atoms with van der Waals surface area (Å²) in [6.45, 7) is 9.05. The molecule has 12 heteroatoms. The number of amides is 2. The molecule has 5 N–H and O–H groups in total. The standard InChI is InChI=1S/C45H63FN6O5/c1-26-36-21-31(45(36,3)4)22-38(26)49-44(55)41-40(27(2)53)39(23-47)57-52(41)25-35-37(46)16-15-34(42(35)56-9)29-18-30(20-33(19-29)51(7)8)43(54)48-32(24-50(5)6)17-28-13-11-10-12-14-28/h10-16,18-20,26-27,31-32,36,38-41,53H,17,21-25,47H2,1-9H3,(H,48,54)(H,49,55)/t26-,27-,31-,32-,36+,38-,39-,40+,41-/m0/s1. The summed E-state index contributed by atoms with van der Waals surface area (Å²) >= 11 is 0. The third-order valence-electron chi connectivity index (χ3n) is 13.1. The molecule has 0 radical (unpaired) electrons. The molecule has 1 aliphatic heterocycles. The first-order valence-electron chi connectivity index (χ1n) is 20.3. The Morgan fingerprint density at radius 1 is 1.09 bits per heavy atom. The predicted molar refractivity (Wildman–Crippen MR) is 222 cm³/mol. The van der Waals surface area contributed by atoms with Crippen molar-refractivity contribution in [3.8, 4) is 16.9 Å². The van der Waals surface area contributed by atoms with Crippen LogP contribution in [0.25, 0.3) is 11.1 Å². The zero-order chi connectivity index (χ0) is 41.3. The number of aliphatic hydroxyl groups is 1. The fraction of sp³-hybridized carbons (Fsp3) is 0.556. The number of halogens is 1. The fourth-order valence-corrected chi connectivity index (χ4v) is 9.82. The summed E-state index contributed by atoms with van der Waals surface area (Å²) < 4.78 is 22.1. The van der Waals surface area contributed by atoms with Crippen LogP contribution in [0.1, 0.15) is 62.0 Å². The number of ether oxygens (including phenoxy) is 1. The lowest BCUT2D eigenvalue weighted by molar-refractivity contribution is -0.176. The molecule has 3 aromatic rings. The molecule has 57 heavy (non-hydrogen) atoms. The van der Waals surface area contributed by atoms with Crippen molar-refractivity contribution in [2.75, 3.05) is 53.3 Å². The molecule has 310 valence electrons. The lowest BCUT2D eigenvalue weighted by Crippen LogP contribution is -2.62. The second kappa shape index (κ2) is 17.4. The average molecular weight is 787 g/mol. The van der Waals surface area contributed by atoms with E-state index in [9.17, 15) is 14.7 Å². The first-order chi connectivity index (χ1) is 27.0. The summed E-state index contributed by atoms with van der Waals surface area (Å²) in [5, 5.41) is 19.1. The van der Waals surface area contributed by atoms with Crippen molar-refractivity contribution in [2.24, 2.45) is 34.8 Å². The van der Waals surface area contributed by atoms with Crippen molar-refractivity contribution < 1.29 is 28.7 Å². The van der Waals surface area contributed by atoms with Crippen molar-refractivity contribution in [3.63, 3.8) is 0 Å². The number of rotatable bonds is 15. The van der Waals surface area contributed by atoms with Gasteiger partial charge in [-0.05, 0) is 105 Å². The van der Waals surface area contributed by atoms with Crippen molar-refractivity contribution >= 4 is 17.5 Å². The number of fused-ring (bicyclic) bond motifs is 2. The third kappa shape index (κ3) is 8.85. The quantitative estimate of drug-likeness (QED) is 0.166. The summed E-state index contributed by atoms with van der Waals surface area (Å²) in [7, 11) is 9.25. The number of nitrogens with zero attached hydrogens (tertiary/aromatic N) is 3. The number of aliphatic hydroxyl groups excluding tert-OH is 1. The van der Waals surface area contributed by atoms with Crippen LogP contribution in [-0.4, -0.2) is 106 Å². The lowest BCUT2D eigenvalue weighted by Gasteiger charge is -2.62. The van der Waals surface area contributed by atoms with Crippen molar-refractivity contribution in [1.82, 2.24) is 20.6 Å². The molecule has 9 atom stereocenters. The Labute approximate surface area is 338 Å². The highest BCUT2D eigenvalue weighted by molar-refractivity contribution is 5.97. The van der Waals surface area contributed by atoms with Gasteiger partial charge in [-0.2, -0.15) is 5.06 Å². The van der Waals surface area contributed by atoms with Crippen molar-refractivity contribution in [1.29, 1.82) is 0 Å². The van der Waals surface area contributed by atoms with E-state index in [0.717, 1.165) is 17.7 Å². The van der Waals surface area contributed by atoms with E-state index < -0.39 is 30.0 Å². The molecule has 7 rings (SSSR count). The first kappa shape index (κ1) is 42.5. The minimum Gasteiger partial charge on any atom is -0.496 e. The van der Waals surface area contributed by atoms with E-state index in [0.29, 0.717) is 47.4 Å². The van der Waals surface area contributed by atoms with Gasteiger partial charge in [-0.15, -0.1) is 0 Å². The van der Waals surface area contributed by atoms with Crippen LogP contribution in [0.4, 0.5) is 10.1 Å². The molecule has 11 nitrogen and oxygen atoms in total. The molecule has 2 amide bonds. The highest BCUT2D eigenvalue weighted by atomic mass is 19.1. The van der Waals surface area contributed by atoms with Crippen molar-refractivity contribution in [2.45, 2.75) is 83.8 Å². The van der Waals surface area contributed by atoms with Gasteiger partial charge < -0.3 is 36.0 Å². The minimum absolute atomic E-state index is 0.0100. The molecule has 4 aliphatic rings. The average Bonchev–Trinajstić information content (AvgIpc) is 3.54. The van der Waals surface area contributed by atoms with Crippen LogP contribution in [-0.2, 0) is 22.6 Å². The largest absolute Gasteiger partial charge is 0.496 e. The maximum Gasteiger partial charge on any atom is 0.251 e. The Bertz CT molecular complexity index is 1890. The monoisotopic (exact) mass is 786 g/mol. The van der Waals surface area contributed by atoms with E-state index in [-0.39, 0.29) is 53.7 Å². The number of carbonyl (C=O) groups is 2. The van der Waals surface area contributed by atoms with Gasteiger partial charge in [-0.25, -0.2) is 4.39 Å². The van der Waals surface area contributed by atoms with Crippen LogP contribution >= 0.6 is 0 Å². The maximum atomic E-state index is 16.1. The number of nitrogens with two attached hydrogens (primary N) is 1. The van der Waals surface area contributed by atoms with Gasteiger partial charge in [-0.1, -0.05) is 51.1 Å². The molecule has 1 heterocycles. The van der Waals surface area contributed by atoms with Crippen molar-refractivity contribution in [3.05, 3.63) is 83.2 Å². The molecule has 3 aromatic carbocycles. The number of hydrogen-bond acceptors (Lipinski definition) is 9. The van der Waals surface area contributed by atoms with Gasteiger partial charge in [0.15, 0.2) is 0 Å². The first-order valence-corrected chi connectivity index (χ1v) is 20.3. The summed E-state index contributed by atoms with van der Waals surface area (Å²) in [5.41, 5.74) is 10.2. The molecule has 0 spiro atoms. The molecule has 1 saturated heterocycles. The number of benzene rings is 3. The SMILES string of the molecule is COc1c(-c2cc(C(=O)N[C@@H](Cc3ccccc3)CN(C)C)cc(N(C)C)c2)ccc(F)c1CN1O[C@@H](CN)[C@@H]([C@H](C)O)[C@H]1C(=O)N[C@H]1C[C@@H]2C[C@H]([C@@H]1C)C2(C)C. The Balaban J connectivity index is 1.31. The van der Waals surface area contributed by atoms with Gasteiger partial charge in [0, 0.05) is 67.6 Å². The number of methoxy groups -OCH3 is 1. The number of hydroxylamine groups is 2. The van der Waals surface area contributed by atoms with Gasteiger partial charge >= 0.3 is 0 Å². The zero-order valence-corrected chi connectivity index (χ0v) is 35.1. The molecule has 0 aromatic heterocycles. The molecular weight excluding hydrogens is 724 g/mol. The van der Waals surface area contributed by atoms with E-state index in [2.05, 4.69) is 48.4 Å². The molecule has 0 unspecified atom stereocenters. The van der Waals surface area contributed by atoms with E-state index >= 15 is 4.39 Å².